The topological polar surface area (TPSA) is 65.1 Å². The maximum absolute atomic E-state index is 12.7. The second kappa shape index (κ2) is 7.48. The number of esters is 1. The third-order valence-electron chi connectivity index (χ3n) is 4.70. The molecule has 1 amide bonds. The van der Waals surface area contributed by atoms with E-state index in [1.54, 1.807) is 47.4 Å². The lowest BCUT2D eigenvalue weighted by Gasteiger charge is -2.31. The van der Waals surface area contributed by atoms with Crippen molar-refractivity contribution < 1.29 is 23.8 Å². The summed E-state index contributed by atoms with van der Waals surface area (Å²) in [6.45, 7) is 1.12. The molecule has 2 aliphatic rings. The summed E-state index contributed by atoms with van der Waals surface area (Å²) in [5.74, 6) is 0.788. The lowest BCUT2D eigenvalue weighted by Crippen LogP contribution is -2.43. The minimum Gasteiger partial charge on any atom is -0.454 e. The first-order valence-corrected chi connectivity index (χ1v) is 9.14. The molecule has 0 N–H and O–H groups in total. The van der Waals surface area contributed by atoms with Gasteiger partial charge in [0.05, 0.1) is 5.92 Å². The number of hydrogen-bond acceptors (Lipinski definition) is 5. The highest BCUT2D eigenvalue weighted by Crippen LogP contribution is 2.35. The number of halogens is 1. The Morgan fingerprint density at radius 1 is 1.07 bits per heavy atom. The van der Waals surface area contributed by atoms with Crippen molar-refractivity contribution >= 4 is 23.5 Å². The van der Waals surface area contributed by atoms with Crippen molar-refractivity contribution in [2.45, 2.75) is 12.8 Å². The van der Waals surface area contributed by atoms with Gasteiger partial charge in [0.2, 0.25) is 6.79 Å². The number of carbonyl (C=O) groups excluding carboxylic acids is 2. The highest BCUT2D eigenvalue weighted by atomic mass is 35.5. The van der Waals surface area contributed by atoms with E-state index in [0.717, 1.165) is 6.42 Å². The Kier molecular flexibility index (Phi) is 4.90. The van der Waals surface area contributed by atoms with Gasteiger partial charge in [0.1, 0.15) is 5.75 Å². The van der Waals surface area contributed by atoms with Crippen LogP contribution in [0.4, 0.5) is 0 Å². The summed E-state index contributed by atoms with van der Waals surface area (Å²) >= 11 is 5.88. The monoisotopic (exact) mass is 387 g/mol. The van der Waals surface area contributed by atoms with E-state index < -0.39 is 0 Å². The van der Waals surface area contributed by atoms with Crippen LogP contribution in [0.1, 0.15) is 23.2 Å². The smallest absolute Gasteiger partial charge is 0.316 e. The van der Waals surface area contributed by atoms with Crippen LogP contribution in [0.5, 0.6) is 17.2 Å². The van der Waals surface area contributed by atoms with E-state index in [-0.39, 0.29) is 24.6 Å². The molecule has 0 radical (unpaired) electrons. The standard InChI is InChI=1S/C20H18ClNO5/c21-15-5-3-13(4-6-15)19(23)22-9-1-2-14(11-22)20(24)27-16-7-8-17-18(10-16)26-12-25-17/h3-8,10,14H,1-2,9,11-12H2/t14-/m0/s1. The molecule has 2 aromatic carbocycles. The number of amides is 1. The van der Waals surface area contributed by atoms with Crippen molar-refractivity contribution in [2.24, 2.45) is 5.92 Å². The summed E-state index contributed by atoms with van der Waals surface area (Å²) in [6.07, 6.45) is 1.44. The molecule has 2 aliphatic heterocycles. The molecular formula is C20H18ClNO5. The SMILES string of the molecule is O=C(Oc1ccc2c(c1)OCO2)[C@H]1CCCN(C(=O)c2ccc(Cl)cc2)C1. The van der Waals surface area contributed by atoms with Gasteiger partial charge in [-0.25, -0.2) is 0 Å². The average Bonchev–Trinajstić information content (AvgIpc) is 3.16. The number of nitrogens with zero attached hydrogens (tertiary/aromatic N) is 1. The molecule has 27 heavy (non-hydrogen) atoms. The predicted molar refractivity (Wildman–Crippen MR) is 98.3 cm³/mol. The largest absolute Gasteiger partial charge is 0.454 e. The molecule has 0 saturated carbocycles. The Morgan fingerprint density at radius 3 is 2.67 bits per heavy atom. The average molecular weight is 388 g/mol. The summed E-state index contributed by atoms with van der Waals surface area (Å²) in [6, 6.07) is 11.8. The first-order chi connectivity index (χ1) is 13.1. The number of ether oxygens (including phenoxy) is 3. The molecule has 0 unspecified atom stereocenters. The highest BCUT2D eigenvalue weighted by molar-refractivity contribution is 6.30. The number of fused-ring (bicyclic) bond motifs is 1. The van der Waals surface area contributed by atoms with Crippen LogP contribution in [-0.4, -0.2) is 36.7 Å². The maximum Gasteiger partial charge on any atom is 0.316 e. The fourth-order valence-electron chi connectivity index (χ4n) is 3.27. The van der Waals surface area contributed by atoms with Gasteiger partial charge in [-0.2, -0.15) is 0 Å². The van der Waals surface area contributed by atoms with Crippen LogP contribution >= 0.6 is 11.6 Å². The molecular weight excluding hydrogens is 370 g/mol. The van der Waals surface area contributed by atoms with Gasteiger partial charge >= 0.3 is 5.97 Å². The summed E-state index contributed by atoms with van der Waals surface area (Å²) in [5, 5.41) is 0.579. The van der Waals surface area contributed by atoms with Crippen molar-refractivity contribution in [1.82, 2.24) is 4.90 Å². The molecule has 1 fully saturated rings. The second-order valence-electron chi connectivity index (χ2n) is 6.53. The van der Waals surface area contributed by atoms with E-state index in [0.29, 0.717) is 47.3 Å². The fraction of sp³-hybridized carbons (Fsp3) is 0.300. The second-order valence-corrected chi connectivity index (χ2v) is 6.97. The molecule has 2 aromatic rings. The quantitative estimate of drug-likeness (QED) is 0.595. The molecule has 4 rings (SSSR count). The molecule has 1 saturated heterocycles. The van der Waals surface area contributed by atoms with Crippen LogP contribution in [0.25, 0.3) is 0 Å². The van der Waals surface area contributed by atoms with Gasteiger partial charge in [-0.1, -0.05) is 11.6 Å². The lowest BCUT2D eigenvalue weighted by molar-refractivity contribution is -0.140. The van der Waals surface area contributed by atoms with Gasteiger partial charge in [0.25, 0.3) is 5.91 Å². The predicted octanol–water partition coefficient (Wildman–Crippen LogP) is 3.53. The first kappa shape index (κ1) is 17.7. The van der Waals surface area contributed by atoms with E-state index in [4.69, 9.17) is 25.8 Å². The molecule has 6 nitrogen and oxygen atoms in total. The summed E-state index contributed by atoms with van der Waals surface area (Å²) in [7, 11) is 0. The Morgan fingerprint density at radius 2 is 1.85 bits per heavy atom. The van der Waals surface area contributed by atoms with Crippen molar-refractivity contribution in [3.05, 3.63) is 53.1 Å². The van der Waals surface area contributed by atoms with Crippen molar-refractivity contribution in [1.29, 1.82) is 0 Å². The third kappa shape index (κ3) is 3.85. The van der Waals surface area contributed by atoms with Crippen molar-refractivity contribution in [2.75, 3.05) is 19.9 Å². The summed E-state index contributed by atoms with van der Waals surface area (Å²) in [4.78, 5) is 26.9. The van der Waals surface area contributed by atoms with Gasteiger partial charge in [0.15, 0.2) is 11.5 Å². The lowest BCUT2D eigenvalue weighted by atomic mass is 9.97. The van der Waals surface area contributed by atoms with Crippen LogP contribution in [0.2, 0.25) is 5.02 Å². The van der Waals surface area contributed by atoms with Gasteiger partial charge in [0, 0.05) is 29.7 Å². The zero-order valence-electron chi connectivity index (χ0n) is 14.5. The molecule has 0 aliphatic carbocycles. The number of carbonyl (C=O) groups is 2. The summed E-state index contributed by atoms with van der Waals surface area (Å²) < 4.78 is 16.0. The molecule has 0 aromatic heterocycles. The van der Waals surface area contributed by atoms with E-state index in [1.807, 2.05) is 0 Å². The highest BCUT2D eigenvalue weighted by Gasteiger charge is 2.30. The molecule has 1 atom stereocenters. The molecule has 0 spiro atoms. The Bertz CT molecular complexity index is 867. The van der Waals surface area contributed by atoms with E-state index in [9.17, 15) is 9.59 Å². The zero-order valence-corrected chi connectivity index (χ0v) is 15.3. The Balaban J connectivity index is 1.40. The number of piperidine rings is 1. The number of likely N-dealkylation sites (tertiary alicyclic amines) is 1. The van der Waals surface area contributed by atoms with Crippen LogP contribution < -0.4 is 14.2 Å². The van der Waals surface area contributed by atoms with Gasteiger partial charge in [-0.05, 0) is 49.2 Å². The van der Waals surface area contributed by atoms with Gasteiger partial charge < -0.3 is 19.1 Å². The van der Waals surface area contributed by atoms with Gasteiger partial charge in [-0.15, -0.1) is 0 Å². The molecule has 140 valence electrons. The third-order valence-corrected chi connectivity index (χ3v) is 4.95. The van der Waals surface area contributed by atoms with E-state index in [1.165, 1.54) is 0 Å². The fourth-order valence-corrected chi connectivity index (χ4v) is 3.39. The van der Waals surface area contributed by atoms with E-state index >= 15 is 0 Å². The minimum atomic E-state index is -0.361. The van der Waals surface area contributed by atoms with Crippen LogP contribution in [0, 0.1) is 5.92 Å². The van der Waals surface area contributed by atoms with E-state index in [2.05, 4.69) is 0 Å². The van der Waals surface area contributed by atoms with Crippen molar-refractivity contribution in [3.8, 4) is 17.2 Å². The number of benzene rings is 2. The molecule has 0 bridgehead atoms. The first-order valence-electron chi connectivity index (χ1n) is 8.76. The minimum absolute atomic E-state index is 0.104. The Labute approximate surface area is 161 Å². The molecule has 2 heterocycles. The number of hydrogen-bond donors (Lipinski definition) is 0. The number of rotatable bonds is 3. The van der Waals surface area contributed by atoms with Crippen molar-refractivity contribution in [3.63, 3.8) is 0 Å². The zero-order chi connectivity index (χ0) is 18.8. The van der Waals surface area contributed by atoms with Crippen LogP contribution in [0.3, 0.4) is 0 Å². The maximum atomic E-state index is 12.7. The Hall–Kier alpha value is -2.73. The van der Waals surface area contributed by atoms with Crippen LogP contribution in [-0.2, 0) is 4.79 Å². The normalized spacial score (nSPS) is 18.3. The van der Waals surface area contributed by atoms with Crippen LogP contribution in [0.15, 0.2) is 42.5 Å². The summed E-state index contributed by atoms with van der Waals surface area (Å²) in [5.41, 5.74) is 0.559. The molecule has 7 heteroatoms. The van der Waals surface area contributed by atoms with Gasteiger partial charge in [-0.3, -0.25) is 9.59 Å².